The molecule has 0 unspecified atom stereocenters. The van der Waals surface area contributed by atoms with E-state index >= 15 is 0 Å². The van der Waals surface area contributed by atoms with Crippen molar-refractivity contribution >= 4 is 12.0 Å². The quantitative estimate of drug-likeness (QED) is 0.634. The molecule has 2 rings (SSSR count). The largest absolute Gasteiger partial charge is 0.497 e. The number of hydrogen-bond acceptors (Lipinski definition) is 3. The van der Waals surface area contributed by atoms with Crippen molar-refractivity contribution < 1.29 is 14.3 Å². The van der Waals surface area contributed by atoms with E-state index in [1.165, 1.54) is 0 Å². The standard InChI is InChI=1S/C20H18O3/c1-3-23-20(21)18-12-8-16(9-13-18)6-4-5-7-17-10-14-19(22-2)15-11-17/h5,7-15H,3H2,1-2H3. The van der Waals surface area contributed by atoms with Crippen LogP contribution in [0.3, 0.4) is 0 Å². The van der Waals surface area contributed by atoms with Crippen LogP contribution in [0.4, 0.5) is 0 Å². The molecule has 23 heavy (non-hydrogen) atoms. The highest BCUT2D eigenvalue weighted by Gasteiger charge is 2.04. The number of carbonyl (C=O) groups excluding carboxylic acids is 1. The molecule has 0 aliphatic rings. The average molecular weight is 306 g/mol. The molecule has 0 atom stereocenters. The molecular weight excluding hydrogens is 288 g/mol. The van der Waals surface area contributed by atoms with Gasteiger partial charge in [0.25, 0.3) is 0 Å². The van der Waals surface area contributed by atoms with E-state index in [0.717, 1.165) is 16.9 Å². The van der Waals surface area contributed by atoms with Gasteiger partial charge in [-0.15, -0.1) is 0 Å². The van der Waals surface area contributed by atoms with Crippen LogP contribution in [0.1, 0.15) is 28.4 Å². The lowest BCUT2D eigenvalue weighted by atomic mass is 10.1. The van der Waals surface area contributed by atoms with Crippen LogP contribution >= 0.6 is 0 Å². The lowest BCUT2D eigenvalue weighted by Crippen LogP contribution is -2.03. The van der Waals surface area contributed by atoms with Gasteiger partial charge in [-0.25, -0.2) is 4.79 Å². The van der Waals surface area contributed by atoms with Gasteiger partial charge in [0.05, 0.1) is 19.3 Å². The number of allylic oxidation sites excluding steroid dienone is 1. The van der Waals surface area contributed by atoms with Crippen molar-refractivity contribution in [3.05, 3.63) is 71.3 Å². The first kappa shape index (κ1) is 16.4. The summed E-state index contributed by atoms with van der Waals surface area (Å²) in [6, 6.07) is 14.8. The van der Waals surface area contributed by atoms with Gasteiger partial charge in [0.15, 0.2) is 0 Å². The first-order valence-corrected chi connectivity index (χ1v) is 7.32. The Bertz CT molecular complexity index is 729. The van der Waals surface area contributed by atoms with E-state index in [1.54, 1.807) is 44.4 Å². The zero-order valence-corrected chi connectivity index (χ0v) is 13.2. The molecule has 0 N–H and O–H groups in total. The number of esters is 1. The minimum absolute atomic E-state index is 0.314. The SMILES string of the molecule is CCOC(=O)c1ccc(C#CC=Cc2ccc(OC)cc2)cc1. The second-order valence-electron chi connectivity index (χ2n) is 4.67. The van der Waals surface area contributed by atoms with Crippen molar-refractivity contribution in [2.75, 3.05) is 13.7 Å². The van der Waals surface area contributed by atoms with Gasteiger partial charge < -0.3 is 9.47 Å². The number of benzene rings is 2. The van der Waals surface area contributed by atoms with Crippen LogP contribution in [-0.4, -0.2) is 19.7 Å². The summed E-state index contributed by atoms with van der Waals surface area (Å²) >= 11 is 0. The molecule has 0 radical (unpaired) electrons. The van der Waals surface area contributed by atoms with Crippen molar-refractivity contribution in [1.82, 2.24) is 0 Å². The maximum Gasteiger partial charge on any atom is 0.338 e. The normalized spacial score (nSPS) is 10.0. The topological polar surface area (TPSA) is 35.5 Å². The Labute approximate surface area is 136 Å². The van der Waals surface area contributed by atoms with E-state index in [4.69, 9.17) is 9.47 Å². The van der Waals surface area contributed by atoms with Gasteiger partial charge in [0.2, 0.25) is 0 Å². The number of ether oxygens (including phenoxy) is 2. The van der Waals surface area contributed by atoms with Gasteiger partial charge in [-0.2, -0.15) is 0 Å². The molecule has 0 aromatic heterocycles. The Hall–Kier alpha value is -2.99. The van der Waals surface area contributed by atoms with Crippen molar-refractivity contribution in [2.45, 2.75) is 6.92 Å². The summed E-state index contributed by atoms with van der Waals surface area (Å²) in [7, 11) is 1.64. The highest BCUT2D eigenvalue weighted by Crippen LogP contribution is 2.12. The van der Waals surface area contributed by atoms with Crippen molar-refractivity contribution in [1.29, 1.82) is 0 Å². The molecule has 0 heterocycles. The van der Waals surface area contributed by atoms with Crippen molar-refractivity contribution in [3.8, 4) is 17.6 Å². The van der Waals surface area contributed by atoms with Crippen LogP contribution in [0.5, 0.6) is 5.75 Å². The molecule has 116 valence electrons. The molecule has 0 amide bonds. The van der Waals surface area contributed by atoms with Crippen LogP contribution in [0.25, 0.3) is 6.08 Å². The van der Waals surface area contributed by atoms with E-state index < -0.39 is 0 Å². The average Bonchev–Trinajstić information content (AvgIpc) is 2.60. The summed E-state index contributed by atoms with van der Waals surface area (Å²) in [6.07, 6.45) is 3.72. The lowest BCUT2D eigenvalue weighted by Gasteiger charge is -2.00. The molecule has 3 nitrogen and oxygen atoms in total. The third-order valence-electron chi connectivity index (χ3n) is 3.09. The zero-order chi connectivity index (χ0) is 16.5. The summed E-state index contributed by atoms with van der Waals surface area (Å²) in [5.41, 5.74) is 2.43. The van der Waals surface area contributed by atoms with E-state index in [-0.39, 0.29) is 5.97 Å². The van der Waals surface area contributed by atoms with Gasteiger partial charge in [-0.3, -0.25) is 0 Å². The molecule has 0 fully saturated rings. The Morgan fingerprint density at radius 2 is 1.78 bits per heavy atom. The maximum atomic E-state index is 11.5. The summed E-state index contributed by atoms with van der Waals surface area (Å²) < 4.78 is 10.0. The number of carbonyl (C=O) groups is 1. The zero-order valence-electron chi connectivity index (χ0n) is 13.2. The Kier molecular flexibility index (Phi) is 6.02. The van der Waals surface area contributed by atoms with Gasteiger partial charge >= 0.3 is 5.97 Å². The fourth-order valence-corrected chi connectivity index (χ4v) is 1.88. The number of methoxy groups -OCH3 is 1. The van der Waals surface area contributed by atoms with Crippen molar-refractivity contribution in [3.63, 3.8) is 0 Å². The van der Waals surface area contributed by atoms with E-state index in [2.05, 4.69) is 11.8 Å². The molecule has 2 aromatic rings. The Morgan fingerprint density at radius 3 is 2.39 bits per heavy atom. The third-order valence-corrected chi connectivity index (χ3v) is 3.09. The van der Waals surface area contributed by atoms with Gasteiger partial charge in [-0.1, -0.05) is 24.0 Å². The second-order valence-corrected chi connectivity index (χ2v) is 4.67. The summed E-state index contributed by atoms with van der Waals surface area (Å²) in [4.78, 5) is 11.5. The molecule has 0 saturated heterocycles. The minimum Gasteiger partial charge on any atom is -0.497 e. The fraction of sp³-hybridized carbons (Fsp3) is 0.150. The smallest absolute Gasteiger partial charge is 0.338 e. The Balaban J connectivity index is 1.98. The molecule has 3 heteroatoms. The van der Waals surface area contributed by atoms with Gasteiger partial charge in [0, 0.05) is 5.56 Å². The third kappa shape index (κ3) is 5.05. The van der Waals surface area contributed by atoms with Gasteiger partial charge in [-0.05, 0) is 61.0 Å². The van der Waals surface area contributed by atoms with Crippen LogP contribution in [0.2, 0.25) is 0 Å². The van der Waals surface area contributed by atoms with Crippen LogP contribution in [0, 0.1) is 11.8 Å². The van der Waals surface area contributed by atoms with Crippen LogP contribution < -0.4 is 4.74 Å². The number of hydrogen-bond donors (Lipinski definition) is 0. The maximum absolute atomic E-state index is 11.5. The summed E-state index contributed by atoms with van der Waals surface area (Å²) in [6.45, 7) is 2.16. The lowest BCUT2D eigenvalue weighted by molar-refractivity contribution is 0.0526. The molecule has 0 spiro atoms. The first-order chi connectivity index (χ1) is 11.2. The molecule has 0 saturated carbocycles. The Morgan fingerprint density at radius 1 is 1.09 bits per heavy atom. The first-order valence-electron chi connectivity index (χ1n) is 7.32. The highest BCUT2D eigenvalue weighted by atomic mass is 16.5. The second kappa shape index (κ2) is 8.45. The molecule has 2 aromatic carbocycles. The fourth-order valence-electron chi connectivity index (χ4n) is 1.88. The van der Waals surface area contributed by atoms with E-state index in [1.807, 2.05) is 30.3 Å². The summed E-state index contributed by atoms with van der Waals surface area (Å²) in [5.74, 6) is 6.51. The van der Waals surface area contributed by atoms with Crippen molar-refractivity contribution in [2.24, 2.45) is 0 Å². The summed E-state index contributed by atoms with van der Waals surface area (Å²) in [5, 5.41) is 0. The molecule has 0 aliphatic carbocycles. The van der Waals surface area contributed by atoms with Crippen LogP contribution in [-0.2, 0) is 4.74 Å². The monoisotopic (exact) mass is 306 g/mol. The molecule has 0 bridgehead atoms. The minimum atomic E-state index is -0.314. The highest BCUT2D eigenvalue weighted by molar-refractivity contribution is 5.89. The van der Waals surface area contributed by atoms with Gasteiger partial charge in [0.1, 0.15) is 5.75 Å². The van der Waals surface area contributed by atoms with E-state index in [9.17, 15) is 4.79 Å². The predicted octanol–water partition coefficient (Wildman–Crippen LogP) is 3.94. The molecular formula is C20H18O3. The number of rotatable bonds is 4. The molecule has 0 aliphatic heterocycles. The van der Waals surface area contributed by atoms with Crippen LogP contribution in [0.15, 0.2) is 54.6 Å². The van der Waals surface area contributed by atoms with E-state index in [0.29, 0.717) is 12.2 Å². The predicted molar refractivity (Wildman–Crippen MR) is 91.3 cm³/mol.